The zero-order valence-electron chi connectivity index (χ0n) is 12.0. The summed E-state index contributed by atoms with van der Waals surface area (Å²) in [6.07, 6.45) is 6.12. The molecule has 5 nitrogen and oxygen atoms in total. The molecule has 1 aliphatic heterocycles. The number of aromatic nitrogens is 2. The van der Waals surface area contributed by atoms with Gasteiger partial charge in [-0.05, 0) is 25.0 Å². The van der Waals surface area contributed by atoms with E-state index >= 15 is 0 Å². The van der Waals surface area contributed by atoms with E-state index in [2.05, 4.69) is 10.3 Å². The smallest absolute Gasteiger partial charge is 0.227 e. The molecule has 21 heavy (non-hydrogen) atoms. The number of nitrogens with one attached hydrogen (secondary N) is 1. The van der Waals surface area contributed by atoms with Crippen molar-refractivity contribution in [2.45, 2.75) is 25.9 Å². The highest BCUT2D eigenvalue weighted by Crippen LogP contribution is 2.26. The molecule has 0 saturated carbocycles. The van der Waals surface area contributed by atoms with Crippen molar-refractivity contribution < 1.29 is 9.53 Å². The van der Waals surface area contributed by atoms with Crippen LogP contribution in [-0.4, -0.2) is 28.1 Å². The normalized spacial score (nSPS) is 18.4. The van der Waals surface area contributed by atoms with Crippen LogP contribution in [0.2, 0.25) is 0 Å². The van der Waals surface area contributed by atoms with Gasteiger partial charge in [-0.3, -0.25) is 4.79 Å². The summed E-state index contributed by atoms with van der Waals surface area (Å²) in [4.78, 5) is 16.3. The lowest BCUT2D eigenvalue weighted by Gasteiger charge is -2.26. The Balaban J connectivity index is 1.56. The molecule has 0 unspecified atom stereocenters. The first-order valence-corrected chi connectivity index (χ1v) is 7.19. The van der Waals surface area contributed by atoms with Crippen LogP contribution in [-0.2, 0) is 17.8 Å². The largest absolute Gasteiger partial charge is 0.492 e. The first kappa shape index (κ1) is 13.7. The maximum atomic E-state index is 12.3. The van der Waals surface area contributed by atoms with Gasteiger partial charge in [0.15, 0.2) is 0 Å². The molecule has 1 aromatic carbocycles. The molecule has 0 radical (unpaired) electrons. The SMILES string of the molecule is C[C@H](Cn1ccnc1)NC(=O)[C@H]1COc2ccccc2C1. The summed E-state index contributed by atoms with van der Waals surface area (Å²) in [6.45, 7) is 3.16. The Morgan fingerprint density at radius 3 is 3.19 bits per heavy atom. The van der Waals surface area contributed by atoms with E-state index < -0.39 is 0 Å². The molecule has 0 saturated heterocycles. The topological polar surface area (TPSA) is 56.2 Å². The number of benzene rings is 1. The number of fused-ring (bicyclic) bond motifs is 1. The number of rotatable bonds is 4. The summed E-state index contributed by atoms with van der Waals surface area (Å²) < 4.78 is 7.62. The van der Waals surface area contributed by atoms with E-state index in [1.54, 1.807) is 12.5 Å². The molecule has 0 fully saturated rings. The molecule has 0 aliphatic carbocycles. The van der Waals surface area contributed by atoms with Gasteiger partial charge in [0.25, 0.3) is 0 Å². The van der Waals surface area contributed by atoms with Gasteiger partial charge in [0.2, 0.25) is 5.91 Å². The number of carbonyl (C=O) groups is 1. The van der Waals surface area contributed by atoms with Crippen LogP contribution in [0.3, 0.4) is 0 Å². The van der Waals surface area contributed by atoms with E-state index in [0.29, 0.717) is 6.61 Å². The molecule has 0 spiro atoms. The molecular formula is C16H19N3O2. The second-order valence-corrected chi connectivity index (χ2v) is 5.49. The Morgan fingerprint density at radius 2 is 2.38 bits per heavy atom. The lowest BCUT2D eigenvalue weighted by atomic mass is 9.96. The molecular weight excluding hydrogens is 266 g/mol. The van der Waals surface area contributed by atoms with Gasteiger partial charge in [-0.2, -0.15) is 0 Å². The number of hydrogen-bond acceptors (Lipinski definition) is 3. The summed E-state index contributed by atoms with van der Waals surface area (Å²) >= 11 is 0. The average molecular weight is 285 g/mol. The van der Waals surface area contributed by atoms with Crippen molar-refractivity contribution in [3.8, 4) is 5.75 Å². The molecule has 2 aromatic rings. The highest BCUT2D eigenvalue weighted by Gasteiger charge is 2.26. The number of amides is 1. The predicted octanol–water partition coefficient (Wildman–Crippen LogP) is 1.64. The minimum absolute atomic E-state index is 0.0529. The van der Waals surface area contributed by atoms with Crippen LogP contribution in [0.25, 0.3) is 0 Å². The minimum atomic E-state index is -0.120. The number of imidazole rings is 1. The summed E-state index contributed by atoms with van der Waals surface area (Å²) in [5, 5.41) is 3.05. The average Bonchev–Trinajstić information content (AvgIpc) is 2.99. The predicted molar refractivity (Wildman–Crippen MR) is 79.0 cm³/mol. The molecule has 1 aliphatic rings. The fraction of sp³-hybridized carbons (Fsp3) is 0.375. The van der Waals surface area contributed by atoms with E-state index in [1.165, 1.54) is 0 Å². The standard InChI is InChI=1S/C16H19N3O2/c1-12(9-19-7-6-17-11-19)18-16(20)14-8-13-4-2-3-5-15(13)21-10-14/h2-7,11-12,14H,8-10H2,1H3,(H,18,20)/t12-,14-/m1/s1. The quantitative estimate of drug-likeness (QED) is 0.929. The van der Waals surface area contributed by atoms with Crippen molar-refractivity contribution in [2.24, 2.45) is 5.92 Å². The van der Waals surface area contributed by atoms with E-state index in [1.807, 2.05) is 42.0 Å². The van der Waals surface area contributed by atoms with Crippen molar-refractivity contribution in [1.82, 2.24) is 14.9 Å². The Labute approximate surface area is 124 Å². The maximum absolute atomic E-state index is 12.3. The fourth-order valence-corrected chi connectivity index (χ4v) is 2.61. The molecule has 2 atom stereocenters. The van der Waals surface area contributed by atoms with Gasteiger partial charge in [0.1, 0.15) is 12.4 Å². The molecule has 3 rings (SSSR count). The fourth-order valence-electron chi connectivity index (χ4n) is 2.61. The van der Waals surface area contributed by atoms with Gasteiger partial charge >= 0.3 is 0 Å². The minimum Gasteiger partial charge on any atom is -0.492 e. The van der Waals surface area contributed by atoms with Gasteiger partial charge in [-0.25, -0.2) is 4.98 Å². The van der Waals surface area contributed by atoms with Crippen LogP contribution in [0.1, 0.15) is 12.5 Å². The number of hydrogen-bond donors (Lipinski definition) is 1. The van der Waals surface area contributed by atoms with Crippen LogP contribution in [0.5, 0.6) is 5.75 Å². The summed E-state index contributed by atoms with van der Waals surface area (Å²) in [7, 11) is 0. The van der Waals surface area contributed by atoms with Crippen molar-refractivity contribution in [1.29, 1.82) is 0 Å². The van der Waals surface area contributed by atoms with Crippen LogP contribution < -0.4 is 10.1 Å². The second-order valence-electron chi connectivity index (χ2n) is 5.49. The van der Waals surface area contributed by atoms with Crippen molar-refractivity contribution in [3.63, 3.8) is 0 Å². The van der Waals surface area contributed by atoms with Crippen molar-refractivity contribution in [2.75, 3.05) is 6.61 Å². The molecule has 110 valence electrons. The third-order valence-corrected chi connectivity index (χ3v) is 3.68. The Hall–Kier alpha value is -2.30. The van der Waals surface area contributed by atoms with Gasteiger partial charge < -0.3 is 14.6 Å². The Morgan fingerprint density at radius 1 is 1.52 bits per heavy atom. The number of nitrogens with zero attached hydrogens (tertiary/aromatic N) is 2. The Bertz CT molecular complexity index is 610. The van der Waals surface area contributed by atoms with Crippen molar-refractivity contribution >= 4 is 5.91 Å². The lowest BCUT2D eigenvalue weighted by Crippen LogP contribution is -2.42. The van der Waals surface area contributed by atoms with E-state index in [-0.39, 0.29) is 17.9 Å². The van der Waals surface area contributed by atoms with Crippen LogP contribution in [0.15, 0.2) is 43.0 Å². The molecule has 2 heterocycles. The number of para-hydroxylation sites is 1. The highest BCUT2D eigenvalue weighted by molar-refractivity contribution is 5.79. The summed E-state index contributed by atoms with van der Waals surface area (Å²) in [5.74, 6) is 0.829. The van der Waals surface area contributed by atoms with Crippen LogP contribution in [0, 0.1) is 5.92 Å². The first-order valence-electron chi connectivity index (χ1n) is 7.19. The molecule has 1 aromatic heterocycles. The van der Waals surface area contributed by atoms with Gasteiger partial charge in [0.05, 0.1) is 12.2 Å². The van der Waals surface area contributed by atoms with E-state index in [9.17, 15) is 4.79 Å². The second kappa shape index (κ2) is 5.99. The summed E-state index contributed by atoms with van der Waals surface area (Å²) in [5.41, 5.74) is 1.10. The Kier molecular flexibility index (Phi) is 3.90. The highest BCUT2D eigenvalue weighted by atomic mass is 16.5. The molecule has 1 N–H and O–H groups in total. The summed E-state index contributed by atoms with van der Waals surface area (Å²) in [6, 6.07) is 7.95. The molecule has 0 bridgehead atoms. The van der Waals surface area contributed by atoms with E-state index in [0.717, 1.165) is 24.3 Å². The molecule has 1 amide bonds. The molecule has 5 heteroatoms. The van der Waals surface area contributed by atoms with Gasteiger partial charge in [-0.1, -0.05) is 18.2 Å². The van der Waals surface area contributed by atoms with Crippen LogP contribution >= 0.6 is 0 Å². The zero-order valence-corrected chi connectivity index (χ0v) is 12.0. The maximum Gasteiger partial charge on any atom is 0.227 e. The lowest BCUT2D eigenvalue weighted by molar-refractivity contribution is -0.127. The van der Waals surface area contributed by atoms with E-state index in [4.69, 9.17) is 4.74 Å². The third kappa shape index (κ3) is 3.24. The van der Waals surface area contributed by atoms with Gasteiger partial charge in [-0.15, -0.1) is 0 Å². The van der Waals surface area contributed by atoms with Crippen molar-refractivity contribution in [3.05, 3.63) is 48.5 Å². The first-order chi connectivity index (χ1) is 10.2. The third-order valence-electron chi connectivity index (χ3n) is 3.68. The van der Waals surface area contributed by atoms with Gasteiger partial charge in [0, 0.05) is 25.0 Å². The van der Waals surface area contributed by atoms with Crippen LogP contribution in [0.4, 0.5) is 0 Å². The zero-order chi connectivity index (χ0) is 14.7. The number of carbonyl (C=O) groups excluding carboxylic acids is 1. The monoisotopic (exact) mass is 285 g/mol. The number of ether oxygens (including phenoxy) is 1.